The summed E-state index contributed by atoms with van der Waals surface area (Å²) in [5.41, 5.74) is 0.644. The van der Waals surface area contributed by atoms with Crippen LogP contribution in [-0.2, 0) is 9.53 Å². The number of carbonyl (C=O) groups is 1. The van der Waals surface area contributed by atoms with Gasteiger partial charge in [-0.25, -0.2) is 0 Å². The molecule has 0 saturated heterocycles. The lowest BCUT2D eigenvalue weighted by atomic mass is 10.2. The van der Waals surface area contributed by atoms with E-state index in [1.54, 1.807) is 38.1 Å². The molecule has 1 rings (SSSR count). The molecule has 1 aromatic rings. The molecule has 4 heteroatoms. The molecule has 0 aromatic heterocycles. The van der Waals surface area contributed by atoms with E-state index in [9.17, 15) is 4.79 Å². The van der Waals surface area contributed by atoms with Crippen molar-refractivity contribution in [2.75, 3.05) is 11.9 Å². The van der Waals surface area contributed by atoms with Gasteiger partial charge in [-0.2, -0.15) is 5.26 Å². The normalized spacial score (nSPS) is 11.1. The maximum Gasteiger partial charge on any atom is 0.269 e. The summed E-state index contributed by atoms with van der Waals surface area (Å²) in [6.07, 6.45) is 0. The van der Waals surface area contributed by atoms with Gasteiger partial charge in [0.25, 0.3) is 5.91 Å². The van der Waals surface area contributed by atoms with Crippen molar-refractivity contribution in [3.8, 4) is 6.07 Å². The highest BCUT2D eigenvalue weighted by molar-refractivity contribution is 6.06. The summed E-state index contributed by atoms with van der Waals surface area (Å²) in [6.45, 7) is 3.83. The minimum Gasteiger partial charge on any atom is -0.497 e. The maximum atomic E-state index is 11.8. The number of nitriles is 1. The van der Waals surface area contributed by atoms with Gasteiger partial charge >= 0.3 is 0 Å². The molecule has 0 unspecified atom stereocenters. The molecule has 0 fully saturated rings. The number of ether oxygens (including phenoxy) is 1. The van der Waals surface area contributed by atoms with Gasteiger partial charge in [-0.15, -0.1) is 0 Å². The van der Waals surface area contributed by atoms with Gasteiger partial charge in [-0.05, 0) is 26.0 Å². The van der Waals surface area contributed by atoms with Gasteiger partial charge in [0.1, 0.15) is 11.8 Å². The fourth-order valence-corrected chi connectivity index (χ4v) is 1.29. The van der Waals surface area contributed by atoms with E-state index in [-0.39, 0.29) is 5.57 Å². The Morgan fingerprint density at radius 1 is 1.41 bits per heavy atom. The van der Waals surface area contributed by atoms with Crippen LogP contribution in [0.1, 0.15) is 13.8 Å². The van der Waals surface area contributed by atoms with Crippen LogP contribution in [0.15, 0.2) is 41.7 Å². The Labute approximate surface area is 101 Å². The average Bonchev–Trinajstić information content (AvgIpc) is 2.31. The van der Waals surface area contributed by atoms with Gasteiger partial charge in [0, 0.05) is 5.69 Å². The number of rotatable bonds is 4. The number of benzene rings is 1. The molecule has 0 aliphatic carbocycles. The highest BCUT2D eigenvalue weighted by Gasteiger charge is 2.13. The van der Waals surface area contributed by atoms with E-state index < -0.39 is 5.91 Å². The van der Waals surface area contributed by atoms with E-state index in [0.717, 1.165) is 0 Å². The van der Waals surface area contributed by atoms with Gasteiger partial charge in [-0.3, -0.25) is 4.79 Å². The van der Waals surface area contributed by atoms with Crippen molar-refractivity contribution in [2.45, 2.75) is 13.8 Å². The predicted molar refractivity (Wildman–Crippen MR) is 65.0 cm³/mol. The summed E-state index contributed by atoms with van der Waals surface area (Å²) < 4.78 is 5.15. The molecule has 0 aliphatic heterocycles. The molecule has 4 nitrogen and oxygen atoms in total. The van der Waals surface area contributed by atoms with Crippen LogP contribution in [-0.4, -0.2) is 12.5 Å². The molecule has 0 spiro atoms. The van der Waals surface area contributed by atoms with Crippen LogP contribution in [0.4, 0.5) is 5.69 Å². The smallest absolute Gasteiger partial charge is 0.269 e. The van der Waals surface area contributed by atoms with E-state index in [4.69, 9.17) is 10.00 Å². The highest BCUT2D eigenvalue weighted by atomic mass is 16.5. The minimum atomic E-state index is -0.454. The molecule has 1 N–H and O–H groups in total. The van der Waals surface area contributed by atoms with E-state index in [1.165, 1.54) is 0 Å². The Balaban J connectivity index is 2.83. The van der Waals surface area contributed by atoms with Gasteiger partial charge in [-0.1, -0.05) is 18.2 Å². The first-order valence-corrected chi connectivity index (χ1v) is 5.29. The van der Waals surface area contributed by atoms with Crippen molar-refractivity contribution in [3.05, 3.63) is 41.7 Å². The van der Waals surface area contributed by atoms with Crippen molar-refractivity contribution in [1.82, 2.24) is 0 Å². The average molecular weight is 230 g/mol. The number of allylic oxidation sites excluding steroid dienone is 1. The Kier molecular flexibility index (Phi) is 4.77. The van der Waals surface area contributed by atoms with Crippen LogP contribution in [0.25, 0.3) is 0 Å². The lowest BCUT2D eigenvalue weighted by Gasteiger charge is -2.07. The quantitative estimate of drug-likeness (QED) is 0.491. The Morgan fingerprint density at radius 2 is 2.06 bits per heavy atom. The topological polar surface area (TPSA) is 62.1 Å². The third-order valence-electron chi connectivity index (χ3n) is 2.08. The number of nitrogens with one attached hydrogen (secondary N) is 1. The third-order valence-corrected chi connectivity index (χ3v) is 2.08. The summed E-state index contributed by atoms with van der Waals surface area (Å²) in [5.74, 6) is -0.118. The third kappa shape index (κ3) is 3.65. The molecule has 1 amide bonds. The predicted octanol–water partition coefficient (Wildman–Crippen LogP) is 2.46. The SMILES string of the molecule is CCO/C(C)=C(\C#N)C(=O)Nc1ccccc1. The van der Waals surface area contributed by atoms with E-state index in [2.05, 4.69) is 5.32 Å². The Hall–Kier alpha value is -2.28. The van der Waals surface area contributed by atoms with Crippen LogP contribution < -0.4 is 5.32 Å². The fourth-order valence-electron chi connectivity index (χ4n) is 1.29. The second-order valence-corrected chi connectivity index (χ2v) is 3.30. The molecule has 0 radical (unpaired) electrons. The molecular formula is C13H14N2O2. The molecular weight excluding hydrogens is 216 g/mol. The summed E-state index contributed by atoms with van der Waals surface area (Å²) in [7, 11) is 0. The molecule has 0 saturated carbocycles. The molecule has 0 bridgehead atoms. The Morgan fingerprint density at radius 3 is 2.59 bits per heavy atom. The number of amides is 1. The maximum absolute atomic E-state index is 11.8. The first-order valence-electron chi connectivity index (χ1n) is 5.29. The highest BCUT2D eigenvalue weighted by Crippen LogP contribution is 2.10. The second-order valence-electron chi connectivity index (χ2n) is 3.30. The lowest BCUT2D eigenvalue weighted by molar-refractivity contribution is -0.112. The van der Waals surface area contributed by atoms with Gasteiger partial charge < -0.3 is 10.1 Å². The number of hydrogen-bond donors (Lipinski definition) is 1. The number of anilines is 1. The first kappa shape index (κ1) is 12.8. The zero-order valence-electron chi connectivity index (χ0n) is 9.86. The zero-order valence-corrected chi connectivity index (χ0v) is 9.86. The van der Waals surface area contributed by atoms with Crippen molar-refractivity contribution in [2.24, 2.45) is 0 Å². The van der Waals surface area contributed by atoms with Crippen LogP contribution in [0.3, 0.4) is 0 Å². The van der Waals surface area contributed by atoms with Gasteiger partial charge in [0.2, 0.25) is 0 Å². The van der Waals surface area contributed by atoms with Crippen molar-refractivity contribution in [3.63, 3.8) is 0 Å². The van der Waals surface area contributed by atoms with Gasteiger partial charge in [0.15, 0.2) is 5.57 Å². The van der Waals surface area contributed by atoms with Crippen molar-refractivity contribution >= 4 is 11.6 Å². The van der Waals surface area contributed by atoms with Crippen LogP contribution in [0, 0.1) is 11.3 Å². The molecule has 0 atom stereocenters. The number of carbonyl (C=O) groups excluding carboxylic acids is 1. The number of hydrogen-bond acceptors (Lipinski definition) is 3. The number of para-hydroxylation sites is 1. The standard InChI is InChI=1S/C13H14N2O2/c1-3-17-10(2)12(9-14)13(16)15-11-7-5-4-6-8-11/h4-8H,3H2,1-2H3,(H,15,16)/b12-10+. The lowest BCUT2D eigenvalue weighted by Crippen LogP contribution is -2.15. The van der Waals surface area contributed by atoms with Crippen LogP contribution in [0.2, 0.25) is 0 Å². The van der Waals surface area contributed by atoms with Crippen molar-refractivity contribution in [1.29, 1.82) is 5.26 Å². The number of nitrogens with zero attached hydrogens (tertiary/aromatic N) is 1. The van der Waals surface area contributed by atoms with E-state index in [1.807, 2.05) is 12.1 Å². The first-order chi connectivity index (χ1) is 8.19. The minimum absolute atomic E-state index is 0.00398. The molecule has 0 aliphatic rings. The summed E-state index contributed by atoms with van der Waals surface area (Å²) >= 11 is 0. The molecule has 88 valence electrons. The molecule has 1 aromatic carbocycles. The van der Waals surface area contributed by atoms with Crippen molar-refractivity contribution < 1.29 is 9.53 Å². The summed E-state index contributed by atoms with van der Waals surface area (Å²) in [5, 5.41) is 11.6. The zero-order chi connectivity index (χ0) is 12.7. The Bertz CT molecular complexity index is 458. The van der Waals surface area contributed by atoms with Crippen LogP contribution in [0.5, 0.6) is 0 Å². The van der Waals surface area contributed by atoms with Gasteiger partial charge in [0.05, 0.1) is 6.61 Å². The molecule has 0 heterocycles. The largest absolute Gasteiger partial charge is 0.497 e. The fraction of sp³-hybridized carbons (Fsp3) is 0.231. The summed E-state index contributed by atoms with van der Waals surface area (Å²) in [4.78, 5) is 11.8. The monoisotopic (exact) mass is 230 g/mol. The van der Waals surface area contributed by atoms with Crippen LogP contribution >= 0.6 is 0 Å². The van der Waals surface area contributed by atoms with E-state index in [0.29, 0.717) is 18.1 Å². The molecule has 17 heavy (non-hydrogen) atoms. The van der Waals surface area contributed by atoms with E-state index >= 15 is 0 Å². The second kappa shape index (κ2) is 6.33. The summed E-state index contributed by atoms with van der Waals surface area (Å²) in [6, 6.07) is 10.8.